The molecule has 7 saturated heterocycles. The average molecular weight is 1630 g/mol. The van der Waals surface area contributed by atoms with Gasteiger partial charge in [0.1, 0.15) is 63.0 Å². The summed E-state index contributed by atoms with van der Waals surface area (Å²) in [6.07, 6.45) is 6.75. The summed E-state index contributed by atoms with van der Waals surface area (Å²) in [6, 6.07) is 44.2. The molecule has 13 heterocycles. The fourth-order valence-electron chi connectivity index (χ4n) is 13.8. The molecule has 0 bridgehead atoms. The number of pyridine rings is 3. The number of aromatic nitrogens is 6. The van der Waals surface area contributed by atoms with Gasteiger partial charge in [-0.1, -0.05) is 109 Å². The van der Waals surface area contributed by atoms with Crippen LogP contribution in [0, 0.1) is 17.5 Å². The highest BCUT2D eigenvalue weighted by molar-refractivity contribution is 9.10. The van der Waals surface area contributed by atoms with E-state index in [0.717, 1.165) is 60.8 Å². The molecule has 4 unspecified atom stereocenters. The normalized spacial score (nSPS) is 26.0. The van der Waals surface area contributed by atoms with Crippen molar-refractivity contribution >= 4 is 92.0 Å². The van der Waals surface area contributed by atoms with Crippen molar-refractivity contribution in [1.29, 1.82) is 0 Å². The fourth-order valence-corrected chi connectivity index (χ4v) is 15.4. The van der Waals surface area contributed by atoms with E-state index < -0.39 is 57.9 Å². The van der Waals surface area contributed by atoms with Gasteiger partial charge in [0.25, 0.3) is 0 Å². The maximum atomic E-state index is 15.0. The summed E-state index contributed by atoms with van der Waals surface area (Å²) in [5.41, 5.74) is 9.10. The zero-order chi connectivity index (χ0) is 73.6. The van der Waals surface area contributed by atoms with Crippen LogP contribution in [0.1, 0.15) is 94.0 Å². The van der Waals surface area contributed by atoms with Crippen LogP contribution in [0.15, 0.2) is 159 Å². The molecule has 562 valence electrons. The van der Waals surface area contributed by atoms with E-state index in [1.165, 1.54) is 18.2 Å². The Morgan fingerprint density at radius 3 is 1.71 bits per heavy atom. The lowest BCUT2D eigenvalue weighted by molar-refractivity contribution is -0.288. The molecule has 0 aliphatic carbocycles. The van der Waals surface area contributed by atoms with E-state index in [1.54, 1.807) is 24.6 Å². The van der Waals surface area contributed by atoms with Crippen LogP contribution in [0.25, 0.3) is 55.5 Å². The molecule has 4 aromatic carbocycles. The zero-order valence-corrected chi connectivity index (χ0v) is 62.7. The quantitative estimate of drug-likeness (QED) is 0.0829. The second-order valence-corrected chi connectivity index (χ2v) is 31.6. The van der Waals surface area contributed by atoms with E-state index in [9.17, 15) is 32.7 Å². The third kappa shape index (κ3) is 18.3. The van der Waals surface area contributed by atoms with Gasteiger partial charge >= 0.3 is 0 Å². The van der Waals surface area contributed by atoms with Gasteiger partial charge in [0.2, 0.25) is 0 Å². The number of ether oxygens (including phenoxy) is 11. The van der Waals surface area contributed by atoms with E-state index in [-0.39, 0.29) is 77.4 Å². The molecular weight excluding hydrogens is 1550 g/mol. The Hall–Kier alpha value is -6.94. The predicted molar refractivity (Wildman–Crippen MR) is 397 cm³/mol. The summed E-state index contributed by atoms with van der Waals surface area (Å²) < 4.78 is 128. The number of rotatable bonds is 12. The molecule has 0 saturated carbocycles. The highest BCUT2D eigenvalue weighted by Crippen LogP contribution is 2.41. The van der Waals surface area contributed by atoms with E-state index in [2.05, 4.69) is 56.2 Å². The van der Waals surface area contributed by atoms with Crippen molar-refractivity contribution in [2.24, 2.45) is 4.36 Å². The summed E-state index contributed by atoms with van der Waals surface area (Å²) in [7, 11) is -2.22. The third-order valence-electron chi connectivity index (χ3n) is 19.1. The van der Waals surface area contributed by atoms with Gasteiger partial charge in [-0.15, -0.1) is 0 Å². The van der Waals surface area contributed by atoms with Crippen LogP contribution in [0.3, 0.4) is 0 Å². The molecule has 0 amide bonds. The van der Waals surface area contributed by atoms with Crippen LogP contribution in [-0.2, 0) is 52.4 Å². The summed E-state index contributed by atoms with van der Waals surface area (Å²) >= 11 is 12.5. The van der Waals surface area contributed by atoms with E-state index in [0.29, 0.717) is 120 Å². The van der Waals surface area contributed by atoms with Crippen molar-refractivity contribution in [2.75, 3.05) is 65.4 Å². The number of benzene rings is 4. The second-order valence-electron chi connectivity index (χ2n) is 27.2. The number of nitrogens with one attached hydrogen (secondary N) is 1. The van der Waals surface area contributed by atoms with Crippen LogP contribution in [-0.4, -0.2) is 169 Å². The van der Waals surface area contributed by atoms with Gasteiger partial charge < -0.3 is 77.0 Å². The minimum atomic E-state index is -2.22. The molecular formula is C77H81Br2ClF3N7O15S. The summed E-state index contributed by atoms with van der Waals surface area (Å²) in [5, 5.41) is 29.3. The molecule has 7 fully saturated rings. The van der Waals surface area contributed by atoms with E-state index in [1.807, 2.05) is 124 Å². The number of hydrogen-bond donors (Lipinski definition) is 4. The smallest absolute Gasteiger partial charge is 0.198 e. The number of halogens is 6. The van der Waals surface area contributed by atoms with Gasteiger partial charge in [-0.05, 0) is 93.6 Å². The molecule has 106 heavy (non-hydrogen) atoms. The van der Waals surface area contributed by atoms with Gasteiger partial charge in [-0.2, -0.15) is 4.36 Å². The van der Waals surface area contributed by atoms with Crippen LogP contribution >= 0.6 is 43.5 Å². The van der Waals surface area contributed by atoms with Gasteiger partial charge in [0.15, 0.2) is 41.8 Å². The molecule has 6 aromatic heterocycles. The molecule has 7 aliphatic heterocycles. The standard InChI is InChI=1S/C27H28FN3O5S.C25H26BrFN2O5.C13H16O4.C12H11BrClFN2O/c1-37(2,34)31-19-9-7-17(8-10-19)16-3-5-18(6-4-16)27-21(28)12-22-23(30-27)13-26(29-22)36-20-11-24(33)25(14-32)35-15-20;26-24-17(27)11-19-18(28-24)12-23(29(19)22-8-4-5-9-30-22)33-16-10-20-21(31-13-16)14-32-25(34-20)15-6-2-1-3-7-15;14-10-6-11-12(15-7-10)8-16-13(17-11)9-4-2-1-3-5-9;13-12-7(15)5-9-8(16-12)6-10(14)17(9)11-3-1-2-4-18-11/h3-10,12-13,20,24-25,29,32-33H,11,14-15H2,1-2H3;1-3,6-7,11-12,16,20-22,25H,4-5,8-10,13-14H2;1-5,10-14H,6-8H2;5-6,11H,1-4H2/t20-,24+,25-;16-,20+,21-,22?,25?;10-,11+,12-,13?;/m111./s1. The lowest BCUT2D eigenvalue weighted by Crippen LogP contribution is -2.50. The number of aliphatic hydroxyl groups excluding tert-OH is 3. The molecule has 17 rings (SSSR count). The second kappa shape index (κ2) is 34.3. The number of fused-ring (bicyclic) bond motifs is 5. The molecule has 10 aromatic rings. The highest BCUT2D eigenvalue weighted by atomic mass is 79.9. The zero-order valence-electron chi connectivity index (χ0n) is 58.0. The lowest BCUT2D eigenvalue weighted by Gasteiger charge is -2.41. The monoisotopic (exact) mass is 1630 g/mol. The van der Waals surface area contributed by atoms with Crippen LogP contribution in [0.2, 0.25) is 5.15 Å². The number of nitrogens with zero attached hydrogens (tertiary/aromatic N) is 6. The number of aliphatic hydroxyl groups is 3. The summed E-state index contributed by atoms with van der Waals surface area (Å²) in [6.45, 7) is 3.16. The minimum Gasteiger partial charge on any atom is -0.473 e. The first-order chi connectivity index (χ1) is 51.3. The number of aromatic amines is 1. The van der Waals surface area contributed by atoms with Crippen molar-refractivity contribution in [3.63, 3.8) is 0 Å². The molecule has 0 radical (unpaired) electrons. The van der Waals surface area contributed by atoms with Gasteiger partial charge in [0, 0.05) is 108 Å². The molecule has 13 atom stereocenters. The maximum Gasteiger partial charge on any atom is 0.198 e. The van der Waals surface area contributed by atoms with Gasteiger partial charge in [-0.3, -0.25) is 4.57 Å². The third-order valence-corrected chi connectivity index (χ3v) is 21.1. The van der Waals surface area contributed by atoms with Crippen molar-refractivity contribution in [1.82, 2.24) is 29.1 Å². The molecule has 7 aliphatic rings. The van der Waals surface area contributed by atoms with E-state index >= 15 is 0 Å². The van der Waals surface area contributed by atoms with Crippen molar-refractivity contribution < 1.29 is 84.8 Å². The van der Waals surface area contributed by atoms with Gasteiger partial charge in [0.05, 0.1) is 103 Å². The first-order valence-electron chi connectivity index (χ1n) is 35.3. The summed E-state index contributed by atoms with van der Waals surface area (Å²) in [4.78, 5) is 16.0. The Kier molecular flexibility index (Phi) is 24.6. The van der Waals surface area contributed by atoms with Gasteiger partial charge in [-0.25, -0.2) is 32.3 Å². The topological polar surface area (TPSA) is 256 Å². The largest absolute Gasteiger partial charge is 0.473 e. The maximum absolute atomic E-state index is 15.0. The first-order valence-corrected chi connectivity index (χ1v) is 39.6. The van der Waals surface area contributed by atoms with Crippen LogP contribution in [0.5, 0.6) is 11.8 Å². The summed E-state index contributed by atoms with van der Waals surface area (Å²) in [5.74, 6) is -0.278. The fraction of sp³-hybridized carbons (Fsp3) is 0.416. The lowest BCUT2D eigenvalue weighted by atomic mass is 10.0. The molecule has 29 heteroatoms. The SMILES string of the molecule is CS(C)(=O)=Nc1ccc(-c2ccc(-c3nc4cc(O[C@H]5CO[C@H](CO)[C@@H](O)C5)[nH]c4cc3F)cc2)cc1.Fc1cc2c(cc(Cl)n2C2CCCCO2)nc1Br.Fc1cc2c(cc(O[C@H]3CO[C@@H]4COC(c5ccccc5)O[C@H]4C3)n2C2CCCCO2)nc1Br.O[C@H]1CO[C@@H]2COC(c3ccccc3)O[C@H]2C1. The van der Waals surface area contributed by atoms with Crippen molar-refractivity contribution in [2.45, 2.75) is 138 Å². The van der Waals surface area contributed by atoms with Crippen LogP contribution < -0.4 is 9.47 Å². The highest BCUT2D eigenvalue weighted by Gasteiger charge is 2.41. The predicted octanol–water partition coefficient (Wildman–Crippen LogP) is 15.1. The Bertz CT molecular complexity index is 4760. The Morgan fingerprint density at radius 1 is 0.575 bits per heavy atom. The Labute approximate surface area is 632 Å². The van der Waals surface area contributed by atoms with E-state index in [4.69, 9.17) is 63.7 Å². The number of hydrogen-bond acceptors (Lipinski definition) is 19. The number of H-pyrrole nitrogens is 1. The Balaban J connectivity index is 0.000000125. The molecule has 4 N–H and O–H groups in total. The van der Waals surface area contributed by atoms with Crippen molar-refractivity contribution in [3.05, 3.63) is 189 Å². The van der Waals surface area contributed by atoms with Crippen LogP contribution in [0.4, 0.5) is 18.9 Å². The average Bonchev–Trinajstić information content (AvgIpc) is 1.61. The molecule has 0 spiro atoms. The first kappa shape index (κ1) is 75.9. The Morgan fingerprint density at radius 2 is 1.12 bits per heavy atom. The minimum absolute atomic E-state index is 0.0432. The van der Waals surface area contributed by atoms with Crippen molar-refractivity contribution in [3.8, 4) is 34.1 Å². The molecule has 22 nitrogen and oxygen atoms in total.